The van der Waals surface area contributed by atoms with Crippen LogP contribution < -0.4 is 4.90 Å². The monoisotopic (exact) mass is 603 g/mol. The Kier molecular flexibility index (Phi) is 6.20. The summed E-state index contributed by atoms with van der Waals surface area (Å²) in [4.78, 5) is 2.43. The Labute approximate surface area is 275 Å². The maximum Gasteiger partial charge on any atom is 0.143 e. The predicted octanol–water partition coefficient (Wildman–Crippen LogP) is 12.7. The molecule has 0 amide bonds. The van der Waals surface area contributed by atoms with Crippen molar-refractivity contribution in [2.24, 2.45) is 0 Å². The number of furan rings is 1. The fraction of sp³-hybridized carbons (Fsp3) is 0.0667. The molecule has 2 heteroatoms. The minimum absolute atomic E-state index is 0.164. The summed E-state index contributed by atoms with van der Waals surface area (Å²) in [5.74, 6) is 0. The molecule has 7 aromatic carbocycles. The Bertz CT molecular complexity index is 2430. The van der Waals surface area contributed by atoms with E-state index in [1.54, 1.807) is 0 Å². The zero-order chi connectivity index (χ0) is 31.5. The molecule has 0 N–H and O–H groups in total. The van der Waals surface area contributed by atoms with E-state index in [4.69, 9.17) is 4.42 Å². The van der Waals surface area contributed by atoms with Gasteiger partial charge in [0.05, 0.1) is 5.69 Å². The summed E-state index contributed by atoms with van der Waals surface area (Å²) >= 11 is 0. The molecule has 1 aliphatic rings. The second-order valence-corrected chi connectivity index (χ2v) is 12.9. The average molecular weight is 604 g/mol. The van der Waals surface area contributed by atoms with E-state index in [0.717, 1.165) is 44.4 Å². The lowest BCUT2D eigenvalue weighted by molar-refractivity contribution is 0.661. The van der Waals surface area contributed by atoms with Crippen molar-refractivity contribution in [3.63, 3.8) is 0 Å². The fourth-order valence-electron chi connectivity index (χ4n) is 7.65. The average Bonchev–Trinajstić information content (AvgIpc) is 3.62. The van der Waals surface area contributed by atoms with Crippen molar-refractivity contribution < 1.29 is 4.42 Å². The number of rotatable bonds is 5. The molecule has 0 saturated carbocycles. The van der Waals surface area contributed by atoms with E-state index in [-0.39, 0.29) is 5.41 Å². The Morgan fingerprint density at radius 2 is 1.11 bits per heavy atom. The van der Waals surface area contributed by atoms with E-state index >= 15 is 0 Å². The number of para-hydroxylation sites is 2. The lowest BCUT2D eigenvalue weighted by Gasteiger charge is -2.32. The smallest absolute Gasteiger partial charge is 0.143 e. The molecule has 9 rings (SSSR count). The van der Waals surface area contributed by atoms with Gasteiger partial charge < -0.3 is 9.32 Å². The van der Waals surface area contributed by atoms with Crippen LogP contribution in [0.3, 0.4) is 0 Å². The lowest BCUT2D eigenvalue weighted by atomic mass is 9.81. The topological polar surface area (TPSA) is 16.4 Å². The van der Waals surface area contributed by atoms with Gasteiger partial charge in [-0.3, -0.25) is 0 Å². The summed E-state index contributed by atoms with van der Waals surface area (Å²) in [6, 6.07) is 58.8. The number of anilines is 3. The molecule has 47 heavy (non-hydrogen) atoms. The molecule has 8 aromatic rings. The second kappa shape index (κ2) is 10.6. The summed E-state index contributed by atoms with van der Waals surface area (Å²) in [6.45, 7) is 4.72. The molecule has 1 aliphatic carbocycles. The first-order chi connectivity index (χ1) is 23.1. The maximum atomic E-state index is 6.47. The molecule has 224 valence electrons. The maximum absolute atomic E-state index is 6.47. The molecule has 0 radical (unpaired) electrons. The summed E-state index contributed by atoms with van der Waals surface area (Å²) in [7, 11) is 0. The molecule has 2 nitrogen and oxygen atoms in total. The lowest BCUT2D eigenvalue weighted by Crippen LogP contribution is -2.20. The van der Waals surface area contributed by atoms with Crippen molar-refractivity contribution in [2.75, 3.05) is 4.90 Å². The Balaban J connectivity index is 1.25. The van der Waals surface area contributed by atoms with Crippen LogP contribution in [0.5, 0.6) is 0 Å². The van der Waals surface area contributed by atoms with Crippen LogP contribution in [0.1, 0.15) is 25.0 Å². The molecule has 0 bridgehead atoms. The van der Waals surface area contributed by atoms with Gasteiger partial charge in [-0.2, -0.15) is 0 Å². The van der Waals surface area contributed by atoms with Crippen LogP contribution in [0, 0.1) is 0 Å². The highest BCUT2D eigenvalue weighted by Gasteiger charge is 2.38. The van der Waals surface area contributed by atoms with Gasteiger partial charge >= 0.3 is 0 Å². The van der Waals surface area contributed by atoms with Crippen molar-refractivity contribution in [1.29, 1.82) is 0 Å². The van der Waals surface area contributed by atoms with Gasteiger partial charge in [-0.25, -0.2) is 0 Å². The number of benzene rings is 7. The van der Waals surface area contributed by atoms with E-state index in [2.05, 4.69) is 170 Å². The zero-order valence-electron chi connectivity index (χ0n) is 26.4. The van der Waals surface area contributed by atoms with Crippen molar-refractivity contribution in [3.8, 4) is 33.4 Å². The number of nitrogens with zero attached hydrogens (tertiary/aromatic N) is 1. The third-order valence-electron chi connectivity index (χ3n) is 9.85. The standard InChI is InChI=1S/C45H33NO/c1-45(2)40-22-8-6-17-36(40)38-20-12-23-41(43(38)45)46(33-27-25-31(26-28-33)30-13-4-3-5-14-30)34-16-10-15-32(29-34)35-19-11-21-39-37-18-7-9-24-42(37)47-44(35)39/h3-29H,1-2H3. The van der Waals surface area contributed by atoms with Gasteiger partial charge in [0, 0.05) is 33.1 Å². The normalized spacial score (nSPS) is 13.1. The summed E-state index contributed by atoms with van der Waals surface area (Å²) in [5.41, 5.74) is 15.0. The van der Waals surface area contributed by atoms with Crippen molar-refractivity contribution in [1.82, 2.24) is 0 Å². The van der Waals surface area contributed by atoms with Gasteiger partial charge in [0.15, 0.2) is 0 Å². The summed E-state index contributed by atoms with van der Waals surface area (Å²) in [6.07, 6.45) is 0. The SMILES string of the molecule is CC1(C)c2ccccc2-c2cccc(N(c3ccc(-c4ccccc4)cc3)c3cccc(-c4cccc5c4oc4ccccc45)c3)c21. The first kappa shape index (κ1) is 27.5. The predicted molar refractivity (Wildman–Crippen MR) is 197 cm³/mol. The van der Waals surface area contributed by atoms with Crippen LogP contribution in [-0.2, 0) is 5.41 Å². The van der Waals surface area contributed by atoms with Crippen LogP contribution in [0.4, 0.5) is 17.1 Å². The highest BCUT2D eigenvalue weighted by Crippen LogP contribution is 2.54. The molecule has 0 fully saturated rings. The fourth-order valence-corrected chi connectivity index (χ4v) is 7.65. The Hall–Kier alpha value is -5.86. The molecule has 0 atom stereocenters. The van der Waals surface area contributed by atoms with Gasteiger partial charge in [0.1, 0.15) is 11.2 Å². The molecule has 0 spiro atoms. The molecular weight excluding hydrogens is 571 g/mol. The molecular formula is C45H33NO. The highest BCUT2D eigenvalue weighted by molar-refractivity contribution is 6.09. The van der Waals surface area contributed by atoms with Crippen molar-refractivity contribution in [2.45, 2.75) is 19.3 Å². The Morgan fingerprint density at radius 3 is 1.98 bits per heavy atom. The number of hydrogen-bond acceptors (Lipinski definition) is 2. The van der Waals surface area contributed by atoms with Crippen LogP contribution in [0.2, 0.25) is 0 Å². The minimum atomic E-state index is -0.164. The zero-order valence-corrected chi connectivity index (χ0v) is 26.4. The van der Waals surface area contributed by atoms with Crippen molar-refractivity contribution >= 4 is 39.0 Å². The summed E-state index contributed by atoms with van der Waals surface area (Å²) < 4.78 is 6.47. The largest absolute Gasteiger partial charge is 0.455 e. The van der Waals surface area contributed by atoms with E-state index < -0.39 is 0 Å². The van der Waals surface area contributed by atoms with E-state index in [9.17, 15) is 0 Å². The van der Waals surface area contributed by atoms with E-state index in [0.29, 0.717) is 0 Å². The van der Waals surface area contributed by atoms with Crippen molar-refractivity contribution in [3.05, 3.63) is 175 Å². The molecule has 0 saturated heterocycles. The van der Waals surface area contributed by atoms with Crippen LogP contribution in [0.25, 0.3) is 55.3 Å². The van der Waals surface area contributed by atoms with Gasteiger partial charge in [-0.15, -0.1) is 0 Å². The molecule has 1 heterocycles. The third-order valence-corrected chi connectivity index (χ3v) is 9.85. The second-order valence-electron chi connectivity index (χ2n) is 12.9. The molecule has 1 aromatic heterocycles. The number of hydrogen-bond donors (Lipinski definition) is 0. The summed E-state index contributed by atoms with van der Waals surface area (Å²) in [5, 5.41) is 2.28. The first-order valence-electron chi connectivity index (χ1n) is 16.3. The van der Waals surface area contributed by atoms with E-state index in [1.165, 1.54) is 39.1 Å². The van der Waals surface area contributed by atoms with Gasteiger partial charge in [-0.05, 0) is 75.3 Å². The van der Waals surface area contributed by atoms with Crippen LogP contribution >= 0.6 is 0 Å². The highest BCUT2D eigenvalue weighted by atomic mass is 16.3. The van der Waals surface area contributed by atoms with Gasteiger partial charge in [-0.1, -0.05) is 141 Å². The Morgan fingerprint density at radius 1 is 0.468 bits per heavy atom. The van der Waals surface area contributed by atoms with E-state index in [1.807, 2.05) is 12.1 Å². The molecule has 0 unspecified atom stereocenters. The van der Waals surface area contributed by atoms with Gasteiger partial charge in [0.2, 0.25) is 0 Å². The first-order valence-corrected chi connectivity index (χ1v) is 16.3. The van der Waals surface area contributed by atoms with Crippen LogP contribution in [0.15, 0.2) is 168 Å². The quantitative estimate of drug-likeness (QED) is 0.195. The van der Waals surface area contributed by atoms with Crippen LogP contribution in [-0.4, -0.2) is 0 Å². The molecule has 0 aliphatic heterocycles. The minimum Gasteiger partial charge on any atom is -0.455 e. The number of fused-ring (bicyclic) bond motifs is 6. The third kappa shape index (κ3) is 4.33. The van der Waals surface area contributed by atoms with Gasteiger partial charge in [0.25, 0.3) is 0 Å².